The number of benzene rings is 1. The molecule has 1 fully saturated rings. The van der Waals surface area contributed by atoms with E-state index in [4.69, 9.17) is 11.6 Å². The van der Waals surface area contributed by atoms with Gasteiger partial charge in [-0.15, -0.1) is 11.3 Å². The van der Waals surface area contributed by atoms with E-state index in [1.807, 2.05) is 0 Å². The molecule has 0 atom stereocenters. The quantitative estimate of drug-likeness (QED) is 0.678. The van der Waals surface area contributed by atoms with Gasteiger partial charge in [-0.05, 0) is 30.3 Å². The maximum atomic E-state index is 13.3. The number of carbonyl (C=O) groups excluding carboxylic acids is 1. The Bertz CT molecular complexity index is 952. The van der Waals surface area contributed by atoms with E-state index in [0.717, 1.165) is 48.1 Å². The van der Waals surface area contributed by atoms with E-state index in [1.165, 1.54) is 34.8 Å². The van der Waals surface area contributed by atoms with Crippen LogP contribution in [0, 0.1) is 5.82 Å². The second-order valence-electron chi connectivity index (χ2n) is 6.30. The minimum Gasteiger partial charge on any atom is -0.350 e. The zero-order valence-electron chi connectivity index (χ0n) is 14.5. The third-order valence-corrected chi connectivity index (χ3v) is 6.80. The largest absolute Gasteiger partial charge is 0.350 e. The van der Waals surface area contributed by atoms with Gasteiger partial charge in [0.1, 0.15) is 5.82 Å². The smallest absolute Gasteiger partial charge is 0.261 e. The van der Waals surface area contributed by atoms with E-state index in [9.17, 15) is 9.18 Å². The minimum atomic E-state index is -0.227. The summed E-state index contributed by atoms with van der Waals surface area (Å²) in [4.78, 5) is 21.8. The monoisotopic (exact) mass is 424 g/mol. The highest BCUT2D eigenvalue weighted by atomic mass is 35.5. The van der Waals surface area contributed by atoms with E-state index in [0.29, 0.717) is 15.8 Å². The number of hydrogen-bond acceptors (Lipinski definition) is 6. The fourth-order valence-corrected chi connectivity index (χ4v) is 5.04. The Morgan fingerprint density at radius 1 is 1.19 bits per heavy atom. The van der Waals surface area contributed by atoms with Gasteiger partial charge in [0.05, 0.1) is 19.4 Å². The summed E-state index contributed by atoms with van der Waals surface area (Å²) in [5.41, 5.74) is 0.843. The Balaban J connectivity index is 1.25. The highest BCUT2D eigenvalue weighted by molar-refractivity contribution is 7.22. The number of thiophene rings is 1. The first-order valence-corrected chi connectivity index (χ1v) is 10.7. The number of aromatic nitrogens is 1. The molecule has 9 heteroatoms. The van der Waals surface area contributed by atoms with Crippen LogP contribution in [0.1, 0.15) is 9.67 Å². The van der Waals surface area contributed by atoms with Crippen molar-refractivity contribution in [2.75, 3.05) is 44.2 Å². The number of piperazine rings is 1. The Hall–Kier alpha value is -1.74. The molecule has 1 aromatic carbocycles. The van der Waals surface area contributed by atoms with E-state index < -0.39 is 0 Å². The molecular weight excluding hydrogens is 407 g/mol. The second-order valence-corrected chi connectivity index (χ2v) is 9.02. The first kappa shape index (κ1) is 18.6. The third kappa shape index (κ3) is 4.40. The maximum Gasteiger partial charge on any atom is 0.261 e. The number of carbonyl (C=O) groups is 1. The number of halogens is 2. The van der Waals surface area contributed by atoms with Gasteiger partial charge in [0.2, 0.25) is 0 Å². The lowest BCUT2D eigenvalue weighted by molar-refractivity contribution is 0.0952. The molecule has 1 aliphatic rings. The number of fused-ring (bicyclic) bond motifs is 1. The van der Waals surface area contributed by atoms with Gasteiger partial charge >= 0.3 is 0 Å². The fraction of sp³-hybridized carbons (Fsp3) is 0.333. The molecule has 27 heavy (non-hydrogen) atoms. The zero-order valence-corrected chi connectivity index (χ0v) is 16.8. The maximum absolute atomic E-state index is 13.3. The van der Waals surface area contributed by atoms with Crippen LogP contribution in [0.3, 0.4) is 0 Å². The van der Waals surface area contributed by atoms with Crippen molar-refractivity contribution in [1.29, 1.82) is 0 Å². The van der Waals surface area contributed by atoms with Gasteiger partial charge in [-0.25, -0.2) is 9.37 Å². The topological polar surface area (TPSA) is 48.5 Å². The second kappa shape index (κ2) is 8.10. The predicted octanol–water partition coefficient (Wildman–Crippen LogP) is 3.70. The molecule has 5 nitrogen and oxygen atoms in total. The number of anilines is 1. The molecule has 0 spiro atoms. The summed E-state index contributed by atoms with van der Waals surface area (Å²) in [7, 11) is 0. The predicted molar refractivity (Wildman–Crippen MR) is 110 cm³/mol. The summed E-state index contributed by atoms with van der Waals surface area (Å²) < 4.78 is 14.8. The molecule has 142 valence electrons. The number of nitrogens with one attached hydrogen (secondary N) is 1. The minimum absolute atomic E-state index is 0.0766. The van der Waals surface area contributed by atoms with Crippen LogP contribution >= 0.6 is 34.3 Å². The number of rotatable bonds is 5. The lowest BCUT2D eigenvalue weighted by Crippen LogP contribution is -2.48. The van der Waals surface area contributed by atoms with Crippen LogP contribution in [0.25, 0.3) is 10.2 Å². The molecule has 0 saturated carbocycles. The molecule has 1 amide bonds. The van der Waals surface area contributed by atoms with Crippen LogP contribution < -0.4 is 10.2 Å². The molecule has 3 aromatic rings. The summed E-state index contributed by atoms with van der Waals surface area (Å²) in [5.74, 6) is -0.304. The fourth-order valence-electron chi connectivity index (χ4n) is 3.04. The van der Waals surface area contributed by atoms with E-state index in [1.54, 1.807) is 18.2 Å². The average Bonchev–Trinajstić information content (AvgIpc) is 3.28. The normalized spacial score (nSPS) is 15.4. The van der Waals surface area contributed by atoms with E-state index in [2.05, 4.69) is 20.1 Å². The third-order valence-electron chi connectivity index (χ3n) is 4.49. The SMILES string of the molecule is O=C(NCCN1CCN(c2nc3ccc(F)cc3s2)CC1)c1ccc(Cl)s1. The average molecular weight is 425 g/mol. The Morgan fingerprint density at radius 3 is 2.74 bits per heavy atom. The number of hydrogen-bond donors (Lipinski definition) is 1. The highest BCUT2D eigenvalue weighted by Crippen LogP contribution is 2.29. The summed E-state index contributed by atoms with van der Waals surface area (Å²) >= 11 is 8.68. The van der Waals surface area contributed by atoms with Gasteiger partial charge in [0.15, 0.2) is 5.13 Å². The Kier molecular flexibility index (Phi) is 5.58. The molecule has 1 aliphatic heterocycles. The summed E-state index contributed by atoms with van der Waals surface area (Å²) in [6.45, 7) is 4.97. The Morgan fingerprint density at radius 2 is 2.00 bits per heavy atom. The van der Waals surface area contributed by atoms with E-state index in [-0.39, 0.29) is 11.7 Å². The zero-order chi connectivity index (χ0) is 18.8. The van der Waals surface area contributed by atoms with Crippen LogP contribution in [0.5, 0.6) is 0 Å². The van der Waals surface area contributed by atoms with Crippen molar-refractivity contribution in [2.45, 2.75) is 0 Å². The summed E-state index contributed by atoms with van der Waals surface area (Å²) in [5, 5.41) is 3.88. The summed E-state index contributed by atoms with van der Waals surface area (Å²) in [6.07, 6.45) is 0. The summed E-state index contributed by atoms with van der Waals surface area (Å²) in [6, 6.07) is 8.19. The van der Waals surface area contributed by atoms with Crippen molar-refractivity contribution in [2.24, 2.45) is 0 Å². The van der Waals surface area contributed by atoms with Crippen molar-refractivity contribution in [3.63, 3.8) is 0 Å². The van der Waals surface area contributed by atoms with Crippen molar-refractivity contribution in [1.82, 2.24) is 15.2 Å². The molecule has 3 heterocycles. The molecule has 0 aliphatic carbocycles. The number of amides is 1. The van der Waals surface area contributed by atoms with Crippen LogP contribution in [-0.4, -0.2) is 55.1 Å². The van der Waals surface area contributed by atoms with Crippen LogP contribution in [-0.2, 0) is 0 Å². The van der Waals surface area contributed by atoms with Crippen molar-refractivity contribution in [3.05, 3.63) is 45.4 Å². The molecule has 1 saturated heterocycles. The molecule has 0 bridgehead atoms. The molecule has 1 N–H and O–H groups in total. The first-order chi connectivity index (χ1) is 13.1. The van der Waals surface area contributed by atoms with Gasteiger partial charge in [0.25, 0.3) is 5.91 Å². The van der Waals surface area contributed by atoms with Gasteiger partial charge in [0, 0.05) is 39.3 Å². The van der Waals surface area contributed by atoms with Crippen molar-refractivity contribution in [3.8, 4) is 0 Å². The van der Waals surface area contributed by atoms with Crippen LogP contribution in [0.4, 0.5) is 9.52 Å². The highest BCUT2D eigenvalue weighted by Gasteiger charge is 2.20. The van der Waals surface area contributed by atoms with Gasteiger partial charge < -0.3 is 10.2 Å². The number of thiazole rings is 1. The van der Waals surface area contributed by atoms with Crippen molar-refractivity contribution >= 4 is 55.5 Å². The molecular formula is C18H18ClFN4OS2. The molecule has 4 rings (SSSR count). The standard InChI is InChI=1S/C18H18ClFN4OS2/c19-16-4-3-14(26-16)17(25)21-5-6-23-7-9-24(10-8-23)18-22-13-2-1-12(20)11-15(13)27-18/h1-4,11H,5-10H2,(H,21,25). The van der Waals surface area contributed by atoms with Gasteiger partial charge in [-0.2, -0.15) is 0 Å². The molecule has 2 aromatic heterocycles. The molecule has 0 radical (unpaired) electrons. The number of nitrogens with zero attached hydrogens (tertiary/aromatic N) is 3. The van der Waals surface area contributed by atoms with Crippen LogP contribution in [0.15, 0.2) is 30.3 Å². The van der Waals surface area contributed by atoms with Crippen LogP contribution in [0.2, 0.25) is 4.34 Å². The lowest BCUT2D eigenvalue weighted by Gasteiger charge is -2.34. The van der Waals surface area contributed by atoms with Gasteiger partial charge in [-0.3, -0.25) is 9.69 Å². The Labute approximate surface area is 169 Å². The lowest BCUT2D eigenvalue weighted by atomic mass is 10.3. The van der Waals surface area contributed by atoms with Gasteiger partial charge in [-0.1, -0.05) is 22.9 Å². The first-order valence-electron chi connectivity index (χ1n) is 8.65. The van der Waals surface area contributed by atoms with E-state index >= 15 is 0 Å². The molecule has 0 unspecified atom stereocenters. The van der Waals surface area contributed by atoms with Crippen molar-refractivity contribution < 1.29 is 9.18 Å².